The molecule has 0 atom stereocenters. The summed E-state index contributed by atoms with van der Waals surface area (Å²) in [7, 11) is 0. The van der Waals surface area contributed by atoms with Gasteiger partial charge in [-0.3, -0.25) is 0 Å². The first-order valence-electron chi connectivity index (χ1n) is 1.15. The zero-order valence-corrected chi connectivity index (χ0v) is 4.26. The van der Waals surface area contributed by atoms with Gasteiger partial charge in [-0.1, -0.05) is 0 Å². The molecule has 1 heteroatoms. The van der Waals surface area contributed by atoms with E-state index in [0.29, 0.717) is 0 Å². The molecule has 0 unspecified atom stereocenters. The molecule has 0 N–H and O–H groups in total. The zero-order chi connectivity index (χ0) is 2.71. The maximum Gasteiger partial charge on any atom is 4.00 e. The maximum atomic E-state index is 2.00. The average Bonchev–Trinajstić information content (AvgIpc) is 0.918. The Morgan fingerprint density at radius 2 is 1.25 bits per heavy atom. The summed E-state index contributed by atoms with van der Waals surface area (Å²) in [5.74, 6) is 0. The second-order valence-electron chi connectivity index (χ2n) is 0.577. The first kappa shape index (κ1) is 8.82. The predicted molar refractivity (Wildman–Crippen MR) is 15.6 cm³/mol. The molecule has 0 rings (SSSR count). The molecule has 0 saturated carbocycles. The van der Waals surface area contributed by atoms with Crippen molar-refractivity contribution in [2.45, 2.75) is 13.8 Å². The third kappa shape index (κ3) is 21.0. The minimum Gasteiger partial charge on any atom is -0.335 e. The van der Waals surface area contributed by atoms with Gasteiger partial charge in [-0.25, -0.2) is 0 Å². The van der Waals surface area contributed by atoms with Crippen molar-refractivity contribution in [3.63, 3.8) is 0 Å². The molecular weight excluding hydrogens is 88.0 g/mol. The summed E-state index contributed by atoms with van der Waals surface area (Å²) in [5.41, 5.74) is 0. The fraction of sp³-hybridized carbons (Fsp3) is 0.667. The fourth-order valence-corrected chi connectivity index (χ4v) is 0. The van der Waals surface area contributed by atoms with Gasteiger partial charge >= 0.3 is 17.4 Å². The van der Waals surface area contributed by atoms with E-state index >= 15 is 0 Å². The third-order valence-electron chi connectivity index (χ3n) is 0. The van der Waals surface area contributed by atoms with E-state index in [0.717, 1.165) is 0 Å². The van der Waals surface area contributed by atoms with Gasteiger partial charge in [0.05, 0.1) is 0 Å². The van der Waals surface area contributed by atoms with Crippen LogP contribution in [0, 0.1) is 6.42 Å². The minimum atomic E-state index is 0. The van der Waals surface area contributed by atoms with E-state index in [1.54, 1.807) is 0 Å². The Morgan fingerprint density at radius 3 is 1.25 bits per heavy atom. The molecule has 0 radical (unpaired) electrons. The summed E-state index contributed by atoms with van der Waals surface area (Å²) in [6.07, 6.45) is 2.00. The SMILES string of the molecule is C[CH-]C.[Cr+4]. The van der Waals surface area contributed by atoms with Gasteiger partial charge in [-0.15, -0.1) is 0 Å². The molecule has 0 spiro atoms. The van der Waals surface area contributed by atoms with Crippen LogP contribution >= 0.6 is 0 Å². The van der Waals surface area contributed by atoms with Crippen molar-refractivity contribution >= 4 is 0 Å². The summed E-state index contributed by atoms with van der Waals surface area (Å²) in [6, 6.07) is 0. The summed E-state index contributed by atoms with van der Waals surface area (Å²) < 4.78 is 0. The van der Waals surface area contributed by atoms with Crippen LogP contribution in [0.25, 0.3) is 0 Å². The molecule has 0 aromatic rings. The normalized spacial score (nSPS) is 4.50. The molecule has 0 aromatic heterocycles. The average molecular weight is 95.1 g/mol. The molecule has 4 heavy (non-hydrogen) atoms. The summed E-state index contributed by atoms with van der Waals surface area (Å²) >= 11 is 0. The number of hydrogen-bond acceptors (Lipinski definition) is 0. The van der Waals surface area contributed by atoms with Crippen molar-refractivity contribution in [1.82, 2.24) is 0 Å². The molecule has 0 aliphatic heterocycles. The molecule has 0 bridgehead atoms. The van der Waals surface area contributed by atoms with Crippen LogP contribution in [0.15, 0.2) is 0 Å². The van der Waals surface area contributed by atoms with Gasteiger partial charge in [0, 0.05) is 0 Å². The summed E-state index contributed by atoms with van der Waals surface area (Å²) in [5, 5.41) is 0. The third-order valence-corrected chi connectivity index (χ3v) is 0. The second-order valence-corrected chi connectivity index (χ2v) is 0.577. The van der Waals surface area contributed by atoms with Crippen LogP contribution in [0.2, 0.25) is 0 Å². The van der Waals surface area contributed by atoms with Gasteiger partial charge in [0.25, 0.3) is 0 Å². The van der Waals surface area contributed by atoms with Gasteiger partial charge < -0.3 is 6.42 Å². The van der Waals surface area contributed by atoms with Crippen LogP contribution in [-0.2, 0) is 17.4 Å². The largest absolute Gasteiger partial charge is 4.00 e. The topological polar surface area (TPSA) is 0 Å². The standard InChI is InChI=1S/C3H7.Cr/c1-3-2;/h3H,1-2H3;/q-1;+4. The van der Waals surface area contributed by atoms with E-state index in [2.05, 4.69) is 0 Å². The first-order valence-corrected chi connectivity index (χ1v) is 1.15. The Labute approximate surface area is 38.3 Å². The van der Waals surface area contributed by atoms with Gasteiger partial charge in [0.1, 0.15) is 0 Å². The van der Waals surface area contributed by atoms with E-state index in [9.17, 15) is 0 Å². The Bertz CT molecular complexity index is 3.25. The monoisotopic (exact) mass is 95.0 g/mol. The maximum absolute atomic E-state index is 2.00. The summed E-state index contributed by atoms with van der Waals surface area (Å²) in [4.78, 5) is 0. The van der Waals surface area contributed by atoms with Crippen molar-refractivity contribution in [3.8, 4) is 0 Å². The Hall–Kier alpha value is 0.532. The fourth-order valence-electron chi connectivity index (χ4n) is 0. The molecule has 0 aliphatic carbocycles. The molecular formula is C3H7Cr+3. The van der Waals surface area contributed by atoms with Crippen LogP contribution in [0.1, 0.15) is 13.8 Å². The zero-order valence-electron chi connectivity index (χ0n) is 2.99. The van der Waals surface area contributed by atoms with E-state index in [-0.39, 0.29) is 17.4 Å². The smallest absolute Gasteiger partial charge is 0.335 e. The van der Waals surface area contributed by atoms with Gasteiger partial charge in [-0.2, -0.15) is 13.8 Å². The number of hydrogen-bond donors (Lipinski definition) is 0. The first-order chi connectivity index (χ1) is 1.41. The van der Waals surface area contributed by atoms with Crippen molar-refractivity contribution < 1.29 is 17.4 Å². The van der Waals surface area contributed by atoms with Crippen molar-refractivity contribution in [2.24, 2.45) is 0 Å². The van der Waals surface area contributed by atoms with Gasteiger partial charge in [-0.05, 0) is 0 Å². The minimum absolute atomic E-state index is 0. The van der Waals surface area contributed by atoms with Crippen LogP contribution in [0.5, 0.6) is 0 Å². The van der Waals surface area contributed by atoms with E-state index in [4.69, 9.17) is 0 Å². The second kappa shape index (κ2) is 9.65. The van der Waals surface area contributed by atoms with Crippen molar-refractivity contribution in [2.75, 3.05) is 0 Å². The van der Waals surface area contributed by atoms with Gasteiger partial charge in [0.2, 0.25) is 0 Å². The molecule has 0 heterocycles. The van der Waals surface area contributed by atoms with Gasteiger partial charge in [0.15, 0.2) is 0 Å². The number of rotatable bonds is 0. The summed E-state index contributed by atoms with van der Waals surface area (Å²) in [6.45, 7) is 4.00. The van der Waals surface area contributed by atoms with Crippen molar-refractivity contribution in [1.29, 1.82) is 0 Å². The van der Waals surface area contributed by atoms with Crippen LogP contribution in [0.3, 0.4) is 0 Å². The Balaban J connectivity index is 0. The molecule has 0 amide bonds. The predicted octanol–water partition coefficient (Wildman–Crippen LogP) is 1.23. The quantitative estimate of drug-likeness (QED) is 0.397. The molecule has 0 aliphatic rings. The molecule has 0 nitrogen and oxygen atoms in total. The molecule has 0 fully saturated rings. The molecule has 0 saturated heterocycles. The van der Waals surface area contributed by atoms with E-state index < -0.39 is 0 Å². The molecule has 0 aromatic carbocycles. The Kier molecular flexibility index (Phi) is 21.3. The van der Waals surface area contributed by atoms with E-state index in [1.807, 2.05) is 20.3 Å². The molecule has 22 valence electrons. The Morgan fingerprint density at radius 1 is 1.25 bits per heavy atom. The van der Waals surface area contributed by atoms with Crippen molar-refractivity contribution in [3.05, 3.63) is 6.42 Å². The van der Waals surface area contributed by atoms with Crippen LogP contribution in [0.4, 0.5) is 0 Å². The van der Waals surface area contributed by atoms with Crippen LogP contribution < -0.4 is 0 Å². The van der Waals surface area contributed by atoms with Crippen LogP contribution in [-0.4, -0.2) is 0 Å². The van der Waals surface area contributed by atoms with E-state index in [1.165, 1.54) is 0 Å².